The summed E-state index contributed by atoms with van der Waals surface area (Å²) in [6, 6.07) is 2.97. The quantitative estimate of drug-likeness (QED) is 0.549. The van der Waals surface area contributed by atoms with Gasteiger partial charge in [-0.25, -0.2) is 4.98 Å². The van der Waals surface area contributed by atoms with E-state index in [1.54, 1.807) is 19.1 Å². The zero-order chi connectivity index (χ0) is 15.1. The summed E-state index contributed by atoms with van der Waals surface area (Å²) < 4.78 is 4.83. The summed E-state index contributed by atoms with van der Waals surface area (Å²) >= 11 is 0. The topological polar surface area (TPSA) is 124 Å². The van der Waals surface area contributed by atoms with Crippen LogP contribution < -0.4 is 21.7 Å². The lowest BCUT2D eigenvalue weighted by Crippen LogP contribution is -2.37. The Bertz CT molecular complexity index is 492. The first kappa shape index (κ1) is 15.7. The van der Waals surface area contributed by atoms with Crippen molar-refractivity contribution in [3.63, 3.8) is 0 Å². The predicted octanol–water partition coefficient (Wildman–Crippen LogP) is -1.04. The lowest BCUT2D eigenvalue weighted by molar-refractivity contribution is -0.119. The number of nitrogens with zero attached hydrogens (tertiary/aromatic N) is 2. The highest BCUT2D eigenvalue weighted by molar-refractivity contribution is 5.92. The molecule has 1 heterocycles. The lowest BCUT2D eigenvalue weighted by Gasteiger charge is -2.19. The number of nitrogen functional groups attached to an aromatic ring is 1. The van der Waals surface area contributed by atoms with Crippen LogP contribution in [0, 0.1) is 0 Å². The molecule has 8 heteroatoms. The molecule has 0 radical (unpaired) electrons. The summed E-state index contributed by atoms with van der Waals surface area (Å²) in [6.07, 6.45) is 0. The maximum atomic E-state index is 11.7. The van der Waals surface area contributed by atoms with Crippen LogP contribution in [0.3, 0.4) is 0 Å². The maximum Gasteiger partial charge on any atom is 0.267 e. The van der Waals surface area contributed by atoms with Crippen LogP contribution in [0.25, 0.3) is 0 Å². The van der Waals surface area contributed by atoms with E-state index in [0.29, 0.717) is 24.7 Å². The summed E-state index contributed by atoms with van der Waals surface area (Å²) in [5, 5.41) is 2.68. The second-order valence-corrected chi connectivity index (χ2v) is 4.17. The van der Waals surface area contributed by atoms with Gasteiger partial charge in [0, 0.05) is 20.7 Å². The number of aromatic nitrogens is 1. The molecule has 0 aliphatic heterocycles. The second kappa shape index (κ2) is 7.29. The van der Waals surface area contributed by atoms with Gasteiger partial charge in [-0.3, -0.25) is 9.59 Å². The fourth-order valence-corrected chi connectivity index (χ4v) is 1.54. The number of nitrogens with one attached hydrogen (secondary N) is 1. The third-order valence-electron chi connectivity index (χ3n) is 2.53. The average Bonchev–Trinajstić information content (AvgIpc) is 2.39. The van der Waals surface area contributed by atoms with Crippen molar-refractivity contribution >= 4 is 23.3 Å². The van der Waals surface area contributed by atoms with Crippen LogP contribution in [0.4, 0.5) is 11.5 Å². The molecule has 0 bridgehead atoms. The van der Waals surface area contributed by atoms with E-state index in [1.165, 1.54) is 12.1 Å². The lowest BCUT2D eigenvalue weighted by atomic mass is 10.3. The predicted molar refractivity (Wildman–Crippen MR) is 75.3 cm³/mol. The minimum atomic E-state index is -0.649. The van der Waals surface area contributed by atoms with Crippen LogP contribution >= 0.6 is 0 Å². The molecule has 20 heavy (non-hydrogen) atoms. The summed E-state index contributed by atoms with van der Waals surface area (Å²) in [6.45, 7) is 0.920. The van der Waals surface area contributed by atoms with Crippen LogP contribution in [-0.2, 0) is 9.53 Å². The van der Waals surface area contributed by atoms with Gasteiger partial charge >= 0.3 is 0 Å². The number of primary amides is 1. The Morgan fingerprint density at radius 3 is 2.75 bits per heavy atom. The molecule has 0 aliphatic rings. The van der Waals surface area contributed by atoms with Gasteiger partial charge in [-0.1, -0.05) is 0 Å². The monoisotopic (exact) mass is 281 g/mol. The average molecular weight is 281 g/mol. The largest absolute Gasteiger partial charge is 0.396 e. The molecule has 110 valence electrons. The molecule has 0 fully saturated rings. The molecule has 1 aromatic heterocycles. The number of methoxy groups -OCH3 is 1. The third kappa shape index (κ3) is 4.39. The van der Waals surface area contributed by atoms with Gasteiger partial charge < -0.3 is 26.4 Å². The molecule has 1 aromatic rings. The zero-order valence-corrected chi connectivity index (χ0v) is 11.5. The van der Waals surface area contributed by atoms with Gasteiger partial charge in [0.1, 0.15) is 5.69 Å². The summed E-state index contributed by atoms with van der Waals surface area (Å²) in [7, 11) is 3.21. The van der Waals surface area contributed by atoms with Crippen LogP contribution in [0.15, 0.2) is 12.1 Å². The number of hydrogen-bond acceptors (Lipinski definition) is 6. The first-order chi connectivity index (χ1) is 9.45. The third-order valence-corrected chi connectivity index (χ3v) is 2.53. The molecule has 5 N–H and O–H groups in total. The van der Waals surface area contributed by atoms with Gasteiger partial charge in [0.2, 0.25) is 5.91 Å². The molecule has 0 unspecified atom stereocenters. The van der Waals surface area contributed by atoms with E-state index in [1.807, 2.05) is 0 Å². The molecule has 0 atom stereocenters. The Morgan fingerprint density at radius 2 is 2.15 bits per heavy atom. The number of rotatable bonds is 7. The second-order valence-electron chi connectivity index (χ2n) is 4.17. The van der Waals surface area contributed by atoms with Gasteiger partial charge in [-0.15, -0.1) is 0 Å². The van der Waals surface area contributed by atoms with Crippen LogP contribution in [0.2, 0.25) is 0 Å². The van der Waals surface area contributed by atoms with Crippen molar-refractivity contribution in [2.24, 2.45) is 5.73 Å². The minimum absolute atomic E-state index is 0.0587. The molecule has 0 aliphatic carbocycles. The molecule has 0 spiro atoms. The highest BCUT2D eigenvalue weighted by Crippen LogP contribution is 2.19. The van der Waals surface area contributed by atoms with Crippen LogP contribution in [0.1, 0.15) is 10.5 Å². The number of ether oxygens (including phenoxy) is 1. The normalized spacial score (nSPS) is 10.1. The van der Waals surface area contributed by atoms with Gasteiger partial charge in [0.05, 0.1) is 18.8 Å². The molecule has 0 saturated carbocycles. The van der Waals surface area contributed by atoms with E-state index in [4.69, 9.17) is 16.2 Å². The molecule has 0 aromatic carbocycles. The van der Waals surface area contributed by atoms with E-state index in [-0.39, 0.29) is 18.1 Å². The Balaban J connectivity index is 2.71. The van der Waals surface area contributed by atoms with E-state index in [9.17, 15) is 9.59 Å². The Hall–Kier alpha value is -2.35. The number of pyridine rings is 1. The number of anilines is 2. The zero-order valence-electron chi connectivity index (χ0n) is 11.5. The van der Waals surface area contributed by atoms with Crippen molar-refractivity contribution in [2.45, 2.75) is 0 Å². The van der Waals surface area contributed by atoms with E-state index >= 15 is 0 Å². The molecular formula is C12H19N5O3. The molecule has 0 saturated heterocycles. The Labute approximate surface area is 117 Å². The van der Waals surface area contributed by atoms with Gasteiger partial charge in [0.15, 0.2) is 5.82 Å². The first-order valence-corrected chi connectivity index (χ1v) is 5.98. The van der Waals surface area contributed by atoms with Crippen molar-refractivity contribution in [1.82, 2.24) is 10.3 Å². The number of carbonyl (C=O) groups is 2. The Kier molecular flexibility index (Phi) is 5.73. The Morgan fingerprint density at radius 1 is 1.45 bits per heavy atom. The first-order valence-electron chi connectivity index (χ1n) is 5.98. The van der Waals surface area contributed by atoms with Crippen LogP contribution in [0.5, 0.6) is 0 Å². The fourth-order valence-electron chi connectivity index (χ4n) is 1.54. The fraction of sp³-hybridized carbons (Fsp3) is 0.417. The van der Waals surface area contributed by atoms with E-state index in [2.05, 4.69) is 10.3 Å². The van der Waals surface area contributed by atoms with Gasteiger partial charge in [0.25, 0.3) is 5.91 Å². The minimum Gasteiger partial charge on any atom is -0.396 e. The highest BCUT2D eigenvalue weighted by atomic mass is 16.5. The number of carbonyl (C=O) groups excluding carboxylic acids is 2. The number of likely N-dealkylation sites (N-methyl/N-ethyl adjacent to an activating group) is 1. The van der Waals surface area contributed by atoms with Crippen molar-refractivity contribution in [3.8, 4) is 0 Å². The number of amides is 2. The molecule has 8 nitrogen and oxygen atoms in total. The van der Waals surface area contributed by atoms with Gasteiger partial charge in [-0.05, 0) is 12.1 Å². The SMILES string of the molecule is COCCNC(=O)CN(C)c1nc(C(N)=O)ccc1N. The molecular weight excluding hydrogens is 262 g/mol. The van der Waals surface area contributed by atoms with E-state index < -0.39 is 5.91 Å². The van der Waals surface area contributed by atoms with E-state index in [0.717, 1.165) is 0 Å². The summed E-state index contributed by atoms with van der Waals surface area (Å²) in [5.41, 5.74) is 11.4. The highest BCUT2D eigenvalue weighted by Gasteiger charge is 2.13. The standard InChI is InChI=1S/C12H19N5O3/c1-17(7-10(18)15-5-6-20-2)12-8(13)3-4-9(16-12)11(14)19/h3-4H,5-7,13H2,1-2H3,(H2,14,19)(H,15,18). The van der Waals surface area contributed by atoms with Crippen LogP contribution in [-0.4, -0.2) is 50.7 Å². The maximum absolute atomic E-state index is 11.7. The van der Waals surface area contributed by atoms with Crippen molar-refractivity contribution < 1.29 is 14.3 Å². The number of nitrogens with two attached hydrogens (primary N) is 2. The number of hydrogen-bond donors (Lipinski definition) is 3. The molecule has 1 rings (SSSR count). The summed E-state index contributed by atoms with van der Waals surface area (Å²) in [5.74, 6) is -0.511. The van der Waals surface area contributed by atoms with Crippen molar-refractivity contribution in [2.75, 3.05) is 44.5 Å². The summed E-state index contributed by atoms with van der Waals surface area (Å²) in [4.78, 5) is 28.3. The van der Waals surface area contributed by atoms with Gasteiger partial charge in [-0.2, -0.15) is 0 Å². The van der Waals surface area contributed by atoms with Crippen molar-refractivity contribution in [3.05, 3.63) is 17.8 Å². The smallest absolute Gasteiger partial charge is 0.267 e. The molecule has 2 amide bonds. The van der Waals surface area contributed by atoms with Crippen molar-refractivity contribution in [1.29, 1.82) is 0 Å².